The number of alkyl halides is 3. The summed E-state index contributed by atoms with van der Waals surface area (Å²) in [5.74, 6) is -0.486. The molecule has 29 heavy (non-hydrogen) atoms. The van der Waals surface area contributed by atoms with Crippen molar-refractivity contribution < 1.29 is 26.4 Å². The molecule has 0 aliphatic carbocycles. The molecule has 1 fully saturated rings. The molecule has 156 valence electrons. The van der Waals surface area contributed by atoms with Crippen LogP contribution in [0, 0.1) is 0 Å². The zero-order chi connectivity index (χ0) is 21.2. The molecule has 0 aromatic heterocycles. The van der Waals surface area contributed by atoms with Crippen LogP contribution in [0.2, 0.25) is 5.02 Å². The molecule has 0 radical (unpaired) electrons. The number of carbonyl (C=O) groups is 1. The largest absolute Gasteiger partial charge is 0.416 e. The fourth-order valence-corrected chi connectivity index (χ4v) is 4.93. The van der Waals surface area contributed by atoms with Gasteiger partial charge in [0.05, 0.1) is 10.5 Å². The maximum absolute atomic E-state index is 12.9. The van der Waals surface area contributed by atoms with Gasteiger partial charge in [-0.25, -0.2) is 8.42 Å². The summed E-state index contributed by atoms with van der Waals surface area (Å²) in [4.78, 5) is 12.6. The van der Waals surface area contributed by atoms with Gasteiger partial charge in [0.2, 0.25) is 15.9 Å². The monoisotopic (exact) mass is 446 g/mol. The summed E-state index contributed by atoms with van der Waals surface area (Å²) in [5, 5.41) is 3.01. The van der Waals surface area contributed by atoms with Crippen LogP contribution in [0.4, 0.5) is 13.2 Å². The van der Waals surface area contributed by atoms with E-state index in [0.29, 0.717) is 23.4 Å². The van der Waals surface area contributed by atoms with E-state index in [1.807, 2.05) is 0 Å². The van der Waals surface area contributed by atoms with Gasteiger partial charge in [0.1, 0.15) is 6.04 Å². The summed E-state index contributed by atoms with van der Waals surface area (Å²) >= 11 is 5.80. The van der Waals surface area contributed by atoms with E-state index in [1.54, 1.807) is 0 Å². The molecule has 0 bridgehead atoms. The van der Waals surface area contributed by atoms with E-state index < -0.39 is 33.7 Å². The Kier molecular flexibility index (Phi) is 6.21. The van der Waals surface area contributed by atoms with Gasteiger partial charge < -0.3 is 5.32 Å². The summed E-state index contributed by atoms with van der Waals surface area (Å²) in [7, 11) is -3.87. The maximum Gasteiger partial charge on any atom is 0.416 e. The number of hydrogen-bond acceptors (Lipinski definition) is 3. The molecule has 1 N–H and O–H groups in total. The Hall–Kier alpha value is -2.10. The average molecular weight is 447 g/mol. The van der Waals surface area contributed by atoms with Gasteiger partial charge in [0.15, 0.2) is 0 Å². The van der Waals surface area contributed by atoms with E-state index in [9.17, 15) is 26.4 Å². The maximum atomic E-state index is 12.9. The van der Waals surface area contributed by atoms with Gasteiger partial charge >= 0.3 is 6.18 Å². The van der Waals surface area contributed by atoms with Crippen molar-refractivity contribution in [2.75, 3.05) is 6.54 Å². The van der Waals surface area contributed by atoms with E-state index in [-0.39, 0.29) is 18.0 Å². The number of carbonyl (C=O) groups excluding carboxylic acids is 1. The lowest BCUT2D eigenvalue weighted by Gasteiger charge is -2.23. The second kappa shape index (κ2) is 8.33. The Morgan fingerprint density at radius 2 is 1.72 bits per heavy atom. The molecule has 0 spiro atoms. The lowest BCUT2D eigenvalue weighted by atomic mass is 10.1. The normalized spacial score (nSPS) is 18.0. The van der Waals surface area contributed by atoms with Gasteiger partial charge in [-0.2, -0.15) is 17.5 Å². The van der Waals surface area contributed by atoms with E-state index >= 15 is 0 Å². The number of benzene rings is 2. The van der Waals surface area contributed by atoms with Crippen molar-refractivity contribution in [3.8, 4) is 0 Å². The Balaban J connectivity index is 1.68. The highest BCUT2D eigenvalue weighted by atomic mass is 35.5. The molecule has 0 saturated carbocycles. The van der Waals surface area contributed by atoms with Crippen molar-refractivity contribution in [1.82, 2.24) is 9.62 Å². The second-order valence-electron chi connectivity index (χ2n) is 6.64. The second-order valence-corrected chi connectivity index (χ2v) is 8.97. The van der Waals surface area contributed by atoms with Crippen molar-refractivity contribution in [2.24, 2.45) is 0 Å². The van der Waals surface area contributed by atoms with Crippen LogP contribution in [-0.2, 0) is 27.5 Å². The minimum atomic E-state index is -4.43. The first kappa shape index (κ1) is 21.6. The summed E-state index contributed by atoms with van der Waals surface area (Å²) in [6.07, 6.45) is -3.53. The Morgan fingerprint density at radius 3 is 2.31 bits per heavy atom. The topological polar surface area (TPSA) is 66.5 Å². The molecular formula is C19H18ClF3N2O3S. The van der Waals surface area contributed by atoms with Crippen LogP contribution in [0.3, 0.4) is 0 Å². The molecule has 3 rings (SSSR count). The zero-order valence-electron chi connectivity index (χ0n) is 15.1. The zero-order valence-corrected chi connectivity index (χ0v) is 16.7. The van der Waals surface area contributed by atoms with E-state index in [1.165, 1.54) is 36.4 Å². The molecule has 1 atom stereocenters. The average Bonchev–Trinajstić information content (AvgIpc) is 3.17. The van der Waals surface area contributed by atoms with Crippen molar-refractivity contribution >= 4 is 27.5 Å². The summed E-state index contributed by atoms with van der Waals surface area (Å²) in [6, 6.07) is 9.25. The molecule has 5 nitrogen and oxygen atoms in total. The van der Waals surface area contributed by atoms with Gasteiger partial charge in [-0.1, -0.05) is 23.7 Å². The summed E-state index contributed by atoms with van der Waals surface area (Å²) in [5.41, 5.74) is -0.292. The Morgan fingerprint density at radius 1 is 1.10 bits per heavy atom. The van der Waals surface area contributed by atoms with Crippen LogP contribution in [0.15, 0.2) is 53.4 Å². The summed E-state index contributed by atoms with van der Waals surface area (Å²) in [6.45, 7) is 0.214. The number of nitrogens with one attached hydrogen (secondary N) is 1. The molecule has 1 amide bonds. The van der Waals surface area contributed by atoms with Gasteiger partial charge in [-0.15, -0.1) is 0 Å². The van der Waals surface area contributed by atoms with Crippen LogP contribution in [0.1, 0.15) is 24.0 Å². The predicted octanol–water partition coefficient (Wildman–Crippen LogP) is 3.83. The van der Waals surface area contributed by atoms with Crippen molar-refractivity contribution in [3.63, 3.8) is 0 Å². The minimum absolute atomic E-state index is 0.00228. The van der Waals surface area contributed by atoms with E-state index in [0.717, 1.165) is 16.4 Å². The van der Waals surface area contributed by atoms with Crippen LogP contribution < -0.4 is 5.32 Å². The standard InChI is InChI=1S/C19H18ClF3N2O3S/c20-15-7-9-16(10-8-15)29(27,28)25-11-1-2-17(25)18(26)24-12-13-3-5-14(6-4-13)19(21,22)23/h3-10,17H,1-2,11-12H2,(H,24,26)/t17-/m1/s1. The molecule has 1 aliphatic rings. The highest BCUT2D eigenvalue weighted by Crippen LogP contribution is 2.29. The van der Waals surface area contributed by atoms with Gasteiger partial charge in [0.25, 0.3) is 0 Å². The van der Waals surface area contributed by atoms with Crippen LogP contribution in [-0.4, -0.2) is 31.2 Å². The van der Waals surface area contributed by atoms with Crippen LogP contribution in [0.5, 0.6) is 0 Å². The number of rotatable bonds is 5. The number of amides is 1. The number of nitrogens with zero attached hydrogens (tertiary/aromatic N) is 1. The molecule has 1 aliphatic heterocycles. The summed E-state index contributed by atoms with van der Waals surface area (Å²) < 4.78 is 64.7. The van der Waals surface area contributed by atoms with Crippen LogP contribution >= 0.6 is 11.6 Å². The first-order chi connectivity index (χ1) is 13.6. The van der Waals surface area contributed by atoms with Crippen molar-refractivity contribution in [3.05, 3.63) is 64.7 Å². The third-order valence-electron chi connectivity index (χ3n) is 4.67. The minimum Gasteiger partial charge on any atom is -0.351 e. The Labute approximate surface area is 171 Å². The van der Waals surface area contributed by atoms with Crippen LogP contribution in [0.25, 0.3) is 0 Å². The lowest BCUT2D eigenvalue weighted by Crippen LogP contribution is -2.45. The molecule has 2 aromatic rings. The Bertz CT molecular complexity index is 977. The van der Waals surface area contributed by atoms with E-state index in [4.69, 9.17) is 11.6 Å². The van der Waals surface area contributed by atoms with Gasteiger partial charge in [-0.05, 0) is 54.8 Å². The predicted molar refractivity (Wildman–Crippen MR) is 102 cm³/mol. The fourth-order valence-electron chi connectivity index (χ4n) is 3.15. The number of sulfonamides is 1. The first-order valence-electron chi connectivity index (χ1n) is 8.80. The quantitative estimate of drug-likeness (QED) is 0.759. The third-order valence-corrected chi connectivity index (χ3v) is 6.85. The molecule has 1 heterocycles. The molecule has 2 aromatic carbocycles. The molecule has 10 heteroatoms. The number of hydrogen-bond donors (Lipinski definition) is 1. The first-order valence-corrected chi connectivity index (χ1v) is 10.6. The van der Waals surface area contributed by atoms with Crippen molar-refractivity contribution in [1.29, 1.82) is 0 Å². The van der Waals surface area contributed by atoms with Gasteiger partial charge in [-0.3, -0.25) is 4.79 Å². The fraction of sp³-hybridized carbons (Fsp3) is 0.316. The highest BCUT2D eigenvalue weighted by Gasteiger charge is 2.39. The smallest absolute Gasteiger partial charge is 0.351 e. The van der Waals surface area contributed by atoms with Crippen molar-refractivity contribution in [2.45, 2.75) is 36.5 Å². The SMILES string of the molecule is O=C(NCc1ccc(C(F)(F)F)cc1)[C@H]1CCCN1S(=O)(=O)c1ccc(Cl)cc1. The molecular weight excluding hydrogens is 429 g/mol. The van der Waals surface area contributed by atoms with Gasteiger partial charge in [0, 0.05) is 18.1 Å². The number of halogens is 4. The highest BCUT2D eigenvalue weighted by molar-refractivity contribution is 7.89. The molecule has 0 unspecified atom stereocenters. The molecule has 1 saturated heterocycles. The third kappa shape index (κ3) is 4.91. The lowest BCUT2D eigenvalue weighted by molar-refractivity contribution is -0.137. The van der Waals surface area contributed by atoms with E-state index in [2.05, 4.69) is 5.32 Å².